The molecule has 0 fully saturated rings. The van der Waals surface area contributed by atoms with Crippen LogP contribution in [0.5, 0.6) is 0 Å². The van der Waals surface area contributed by atoms with E-state index in [2.05, 4.69) is 5.32 Å². The zero-order valence-electron chi connectivity index (χ0n) is 16.2. The molecule has 1 atom stereocenters. The summed E-state index contributed by atoms with van der Waals surface area (Å²) in [5.74, 6) is 0.458. The van der Waals surface area contributed by atoms with Gasteiger partial charge < -0.3 is 10.2 Å². The monoisotopic (exact) mass is 438 g/mol. The van der Waals surface area contributed by atoms with E-state index in [0.29, 0.717) is 22.3 Å². The lowest BCUT2D eigenvalue weighted by molar-refractivity contribution is -0.138. The molecule has 7 heteroatoms. The molecule has 2 aromatic rings. The van der Waals surface area contributed by atoms with Gasteiger partial charge in [0.15, 0.2) is 0 Å². The summed E-state index contributed by atoms with van der Waals surface area (Å²) in [6.07, 6.45) is 0. The summed E-state index contributed by atoms with van der Waals surface area (Å²) in [4.78, 5) is 26.7. The third-order valence-corrected chi connectivity index (χ3v) is 6.20. The molecule has 0 aromatic heterocycles. The van der Waals surface area contributed by atoms with Crippen molar-refractivity contribution < 1.29 is 9.59 Å². The fraction of sp³-hybridized carbons (Fsp3) is 0.333. The number of nitrogens with one attached hydrogen (secondary N) is 1. The molecule has 0 aliphatic heterocycles. The Hall–Kier alpha value is -1.69. The first-order chi connectivity index (χ1) is 13.3. The number of aryl methyl sites for hydroxylation is 1. The highest BCUT2D eigenvalue weighted by Crippen LogP contribution is 2.28. The summed E-state index contributed by atoms with van der Waals surface area (Å²) in [5.41, 5.74) is 2.92. The van der Waals surface area contributed by atoms with Crippen LogP contribution < -0.4 is 5.32 Å². The average Bonchev–Trinajstić information content (AvgIpc) is 2.68. The summed E-state index contributed by atoms with van der Waals surface area (Å²) in [6, 6.07) is 12.6. The fourth-order valence-corrected chi connectivity index (χ4v) is 4.40. The van der Waals surface area contributed by atoms with Crippen molar-refractivity contribution in [3.8, 4) is 0 Å². The zero-order chi connectivity index (χ0) is 20.7. The molecule has 2 aromatic carbocycles. The molecule has 0 heterocycles. The Morgan fingerprint density at radius 2 is 1.75 bits per heavy atom. The summed E-state index contributed by atoms with van der Waals surface area (Å²) >= 11 is 13.8. The van der Waals surface area contributed by atoms with Crippen LogP contribution in [0.25, 0.3) is 0 Å². The number of thioether (sulfide) groups is 1. The Bertz CT molecular complexity index is 825. The van der Waals surface area contributed by atoms with Crippen molar-refractivity contribution in [1.29, 1.82) is 0 Å². The second-order valence-electron chi connectivity index (χ2n) is 6.43. The van der Waals surface area contributed by atoms with Gasteiger partial charge in [0.2, 0.25) is 11.8 Å². The number of carbonyl (C=O) groups excluding carboxylic acids is 2. The van der Waals surface area contributed by atoms with Gasteiger partial charge in [-0.3, -0.25) is 9.59 Å². The third kappa shape index (κ3) is 5.90. The van der Waals surface area contributed by atoms with Crippen LogP contribution in [0.4, 0.5) is 0 Å². The fourth-order valence-electron chi connectivity index (χ4n) is 2.76. The minimum atomic E-state index is -0.568. The van der Waals surface area contributed by atoms with E-state index in [1.165, 1.54) is 11.8 Å². The number of hydrogen-bond donors (Lipinski definition) is 1. The van der Waals surface area contributed by atoms with Gasteiger partial charge in [0.25, 0.3) is 0 Å². The molecular formula is C21H24Cl2N2O2S. The van der Waals surface area contributed by atoms with E-state index in [9.17, 15) is 9.59 Å². The molecular weight excluding hydrogens is 415 g/mol. The van der Waals surface area contributed by atoms with Crippen LogP contribution in [0.2, 0.25) is 10.0 Å². The minimum absolute atomic E-state index is 0.104. The topological polar surface area (TPSA) is 49.4 Å². The number of rotatable bonds is 8. The molecule has 0 aliphatic rings. The van der Waals surface area contributed by atoms with Gasteiger partial charge in [-0.15, -0.1) is 11.8 Å². The molecule has 0 spiro atoms. The van der Waals surface area contributed by atoms with Crippen LogP contribution >= 0.6 is 35.0 Å². The van der Waals surface area contributed by atoms with Crippen molar-refractivity contribution >= 4 is 46.8 Å². The first-order valence-electron chi connectivity index (χ1n) is 8.91. The van der Waals surface area contributed by atoms with Crippen LogP contribution in [0.3, 0.4) is 0 Å². The summed E-state index contributed by atoms with van der Waals surface area (Å²) in [7, 11) is 1.57. The van der Waals surface area contributed by atoms with E-state index in [0.717, 1.165) is 16.7 Å². The average molecular weight is 439 g/mol. The molecule has 0 radical (unpaired) electrons. The van der Waals surface area contributed by atoms with Gasteiger partial charge in [0, 0.05) is 29.4 Å². The standard InChI is InChI=1S/C21H24Cl2N2O2S/c1-14-7-4-5-8-16(14)11-25(15(2)21(27)24-3)20(26)13-28-12-17-18(22)9-6-10-19(17)23/h4-10,15H,11-13H2,1-3H3,(H,24,27)/t15-/m0/s1. The van der Waals surface area contributed by atoms with Gasteiger partial charge in [-0.2, -0.15) is 0 Å². The maximum atomic E-state index is 12.9. The number of halogens is 2. The van der Waals surface area contributed by atoms with Crippen molar-refractivity contribution in [2.45, 2.75) is 32.2 Å². The Balaban J connectivity index is 2.10. The van der Waals surface area contributed by atoms with Crippen LogP contribution in [0.1, 0.15) is 23.6 Å². The maximum Gasteiger partial charge on any atom is 0.242 e. The van der Waals surface area contributed by atoms with Crippen LogP contribution in [-0.2, 0) is 21.9 Å². The van der Waals surface area contributed by atoms with Crippen LogP contribution in [0.15, 0.2) is 42.5 Å². The summed E-state index contributed by atoms with van der Waals surface area (Å²) in [5, 5.41) is 3.79. The van der Waals surface area contributed by atoms with E-state index < -0.39 is 6.04 Å². The van der Waals surface area contributed by atoms with E-state index in [1.807, 2.05) is 31.2 Å². The molecule has 0 aliphatic carbocycles. The largest absolute Gasteiger partial charge is 0.357 e. The van der Waals surface area contributed by atoms with E-state index >= 15 is 0 Å². The molecule has 1 N–H and O–H groups in total. The van der Waals surface area contributed by atoms with E-state index in [1.54, 1.807) is 37.1 Å². The lowest BCUT2D eigenvalue weighted by atomic mass is 10.1. The Morgan fingerprint density at radius 1 is 1.11 bits per heavy atom. The normalized spacial score (nSPS) is 11.8. The van der Waals surface area contributed by atoms with Crippen molar-refractivity contribution in [3.05, 3.63) is 69.2 Å². The summed E-state index contributed by atoms with van der Waals surface area (Å²) < 4.78 is 0. The van der Waals surface area contributed by atoms with Gasteiger partial charge in [-0.05, 0) is 42.7 Å². The zero-order valence-corrected chi connectivity index (χ0v) is 18.5. The molecule has 2 amide bonds. The Kier molecular flexibility index (Phi) is 8.67. The smallest absolute Gasteiger partial charge is 0.242 e. The number of carbonyl (C=O) groups is 2. The molecule has 0 saturated carbocycles. The SMILES string of the molecule is CNC(=O)[C@H](C)N(Cc1ccccc1C)C(=O)CSCc1c(Cl)cccc1Cl. The highest BCUT2D eigenvalue weighted by atomic mass is 35.5. The van der Waals surface area contributed by atoms with Crippen molar-refractivity contribution in [2.75, 3.05) is 12.8 Å². The Morgan fingerprint density at radius 3 is 2.36 bits per heavy atom. The third-order valence-electron chi connectivity index (χ3n) is 4.55. The first-order valence-corrected chi connectivity index (χ1v) is 10.8. The number of hydrogen-bond acceptors (Lipinski definition) is 3. The number of likely N-dealkylation sites (N-methyl/N-ethyl adjacent to an activating group) is 1. The molecule has 2 rings (SSSR count). The Labute approximate surface area is 180 Å². The molecule has 0 bridgehead atoms. The van der Waals surface area contributed by atoms with Crippen molar-refractivity contribution in [1.82, 2.24) is 10.2 Å². The lowest BCUT2D eigenvalue weighted by Crippen LogP contribution is -2.47. The second-order valence-corrected chi connectivity index (χ2v) is 8.23. The molecule has 28 heavy (non-hydrogen) atoms. The van der Waals surface area contributed by atoms with Crippen molar-refractivity contribution in [2.24, 2.45) is 0 Å². The predicted octanol–water partition coefficient (Wildman–Crippen LogP) is 4.70. The lowest BCUT2D eigenvalue weighted by Gasteiger charge is -2.29. The number of benzene rings is 2. The summed E-state index contributed by atoms with van der Waals surface area (Å²) in [6.45, 7) is 4.12. The molecule has 0 saturated heterocycles. The number of nitrogens with zero attached hydrogens (tertiary/aromatic N) is 1. The van der Waals surface area contributed by atoms with Crippen LogP contribution in [0, 0.1) is 6.92 Å². The number of amides is 2. The first kappa shape index (κ1) is 22.6. The minimum Gasteiger partial charge on any atom is -0.357 e. The molecule has 4 nitrogen and oxygen atoms in total. The molecule has 0 unspecified atom stereocenters. The quantitative estimate of drug-likeness (QED) is 0.649. The molecule has 150 valence electrons. The second kappa shape index (κ2) is 10.7. The predicted molar refractivity (Wildman–Crippen MR) is 118 cm³/mol. The van der Waals surface area contributed by atoms with Gasteiger partial charge in [0.05, 0.1) is 5.75 Å². The van der Waals surface area contributed by atoms with Gasteiger partial charge in [-0.25, -0.2) is 0 Å². The van der Waals surface area contributed by atoms with Gasteiger partial charge in [-0.1, -0.05) is 53.5 Å². The highest BCUT2D eigenvalue weighted by Gasteiger charge is 2.25. The highest BCUT2D eigenvalue weighted by molar-refractivity contribution is 7.99. The maximum absolute atomic E-state index is 12.9. The van der Waals surface area contributed by atoms with E-state index in [4.69, 9.17) is 23.2 Å². The van der Waals surface area contributed by atoms with Gasteiger partial charge in [0.1, 0.15) is 6.04 Å². The van der Waals surface area contributed by atoms with Gasteiger partial charge >= 0.3 is 0 Å². The van der Waals surface area contributed by atoms with Crippen LogP contribution in [-0.4, -0.2) is 35.6 Å². The van der Waals surface area contributed by atoms with Crippen molar-refractivity contribution in [3.63, 3.8) is 0 Å². The van der Waals surface area contributed by atoms with E-state index in [-0.39, 0.29) is 17.6 Å².